The van der Waals surface area contributed by atoms with E-state index >= 15 is 0 Å². The zero-order valence-corrected chi connectivity index (χ0v) is 9.61. The van der Waals surface area contributed by atoms with Gasteiger partial charge in [-0.05, 0) is 17.9 Å². The van der Waals surface area contributed by atoms with E-state index in [9.17, 15) is 9.90 Å². The van der Waals surface area contributed by atoms with Crippen molar-refractivity contribution in [3.05, 3.63) is 12.2 Å². The molecule has 0 spiro atoms. The zero-order chi connectivity index (χ0) is 12.1. The Balaban J connectivity index is 4.77. The van der Waals surface area contributed by atoms with E-state index in [1.165, 1.54) is 6.08 Å². The van der Waals surface area contributed by atoms with Gasteiger partial charge >= 0.3 is 5.97 Å². The number of aliphatic hydroxyl groups is 1. The number of carboxylic acid groups (broad SMARTS) is 1. The van der Waals surface area contributed by atoms with Gasteiger partial charge in [0.15, 0.2) is 0 Å². The molecule has 0 aromatic heterocycles. The highest BCUT2D eigenvalue weighted by Crippen LogP contribution is 2.24. The molecule has 0 amide bonds. The SMILES string of the molecule is CC(C)C(O)(C#C/C=C/C(=O)O)C(C)C. The number of carboxylic acids is 1. The van der Waals surface area contributed by atoms with E-state index in [1.54, 1.807) is 0 Å². The summed E-state index contributed by atoms with van der Waals surface area (Å²) in [6, 6.07) is 0. The third-order valence-electron chi connectivity index (χ3n) is 2.34. The summed E-state index contributed by atoms with van der Waals surface area (Å²) in [7, 11) is 0. The summed E-state index contributed by atoms with van der Waals surface area (Å²) in [6.07, 6.45) is 2.19. The lowest BCUT2D eigenvalue weighted by atomic mass is 9.81. The third-order valence-corrected chi connectivity index (χ3v) is 2.34. The molecule has 0 rings (SSSR count). The highest BCUT2D eigenvalue weighted by Gasteiger charge is 2.32. The number of rotatable bonds is 3. The highest BCUT2D eigenvalue weighted by atomic mass is 16.4. The minimum Gasteiger partial charge on any atom is -0.478 e. The lowest BCUT2D eigenvalue weighted by molar-refractivity contribution is -0.131. The molecule has 0 unspecified atom stereocenters. The van der Waals surface area contributed by atoms with Crippen LogP contribution in [0.1, 0.15) is 27.7 Å². The molecule has 0 saturated heterocycles. The summed E-state index contributed by atoms with van der Waals surface area (Å²) in [5.74, 6) is 4.23. The standard InChI is InChI=1S/C12H18O3/c1-9(2)12(15,10(3)4)8-6-5-7-11(13)14/h5,7,9-10,15H,1-4H3,(H,13,14)/b7-5+. The Bertz CT molecular complexity index is 295. The smallest absolute Gasteiger partial charge is 0.328 e. The maximum absolute atomic E-state index is 10.2. The Hall–Kier alpha value is -1.27. The molecule has 2 N–H and O–H groups in total. The maximum atomic E-state index is 10.2. The molecule has 0 aliphatic carbocycles. The van der Waals surface area contributed by atoms with Crippen LogP contribution in [0.15, 0.2) is 12.2 Å². The van der Waals surface area contributed by atoms with Gasteiger partial charge in [-0.25, -0.2) is 4.79 Å². The first-order valence-corrected chi connectivity index (χ1v) is 4.95. The van der Waals surface area contributed by atoms with Crippen molar-refractivity contribution in [1.82, 2.24) is 0 Å². The average molecular weight is 210 g/mol. The van der Waals surface area contributed by atoms with E-state index in [0.29, 0.717) is 0 Å². The first kappa shape index (κ1) is 13.7. The fraction of sp³-hybridized carbons (Fsp3) is 0.583. The van der Waals surface area contributed by atoms with Crippen LogP contribution in [0.25, 0.3) is 0 Å². The van der Waals surface area contributed by atoms with E-state index in [4.69, 9.17) is 5.11 Å². The van der Waals surface area contributed by atoms with Crippen molar-refractivity contribution in [2.75, 3.05) is 0 Å². The van der Waals surface area contributed by atoms with Gasteiger partial charge in [0.1, 0.15) is 5.60 Å². The van der Waals surface area contributed by atoms with E-state index in [0.717, 1.165) is 6.08 Å². The lowest BCUT2D eigenvalue weighted by Gasteiger charge is -2.30. The topological polar surface area (TPSA) is 57.5 Å². The van der Waals surface area contributed by atoms with E-state index in [1.807, 2.05) is 27.7 Å². The summed E-state index contributed by atoms with van der Waals surface area (Å²) in [5, 5.41) is 18.5. The summed E-state index contributed by atoms with van der Waals surface area (Å²) in [5.41, 5.74) is -1.07. The first-order valence-electron chi connectivity index (χ1n) is 4.95. The van der Waals surface area contributed by atoms with Crippen LogP contribution in [-0.2, 0) is 4.79 Å². The number of allylic oxidation sites excluding steroid dienone is 1. The molecule has 0 heterocycles. The molecule has 0 aliphatic rings. The van der Waals surface area contributed by atoms with Crippen LogP contribution in [0.2, 0.25) is 0 Å². The van der Waals surface area contributed by atoms with Gasteiger partial charge in [-0.15, -0.1) is 0 Å². The number of carbonyl (C=O) groups is 1. The Morgan fingerprint density at radius 1 is 1.27 bits per heavy atom. The molecular formula is C12H18O3. The van der Waals surface area contributed by atoms with Crippen molar-refractivity contribution in [1.29, 1.82) is 0 Å². The van der Waals surface area contributed by atoms with Gasteiger partial charge in [0.25, 0.3) is 0 Å². The minimum atomic E-state index is -1.07. The van der Waals surface area contributed by atoms with Gasteiger partial charge in [0, 0.05) is 6.08 Å². The monoisotopic (exact) mass is 210 g/mol. The minimum absolute atomic E-state index is 0.00299. The van der Waals surface area contributed by atoms with Crippen LogP contribution in [0, 0.1) is 23.7 Å². The largest absolute Gasteiger partial charge is 0.478 e. The number of hydrogen-bond acceptors (Lipinski definition) is 2. The molecule has 0 aliphatic heterocycles. The van der Waals surface area contributed by atoms with Gasteiger partial charge in [0.2, 0.25) is 0 Å². The van der Waals surface area contributed by atoms with Gasteiger partial charge < -0.3 is 10.2 Å². The van der Waals surface area contributed by atoms with Crippen molar-refractivity contribution in [3.8, 4) is 11.8 Å². The van der Waals surface area contributed by atoms with Gasteiger partial charge in [0.05, 0.1) is 0 Å². The second kappa shape index (κ2) is 5.57. The quantitative estimate of drug-likeness (QED) is 0.550. The molecule has 0 fully saturated rings. The molecule has 3 heteroatoms. The highest BCUT2D eigenvalue weighted by molar-refractivity contribution is 5.80. The molecule has 84 valence electrons. The molecule has 0 aromatic rings. The fourth-order valence-corrected chi connectivity index (χ4v) is 1.23. The normalized spacial score (nSPS) is 11.9. The Kier molecular flexibility index (Phi) is 5.10. The second-order valence-electron chi connectivity index (χ2n) is 4.08. The third kappa shape index (κ3) is 4.18. The van der Waals surface area contributed by atoms with Crippen molar-refractivity contribution in [2.45, 2.75) is 33.3 Å². The van der Waals surface area contributed by atoms with Crippen LogP contribution in [0.5, 0.6) is 0 Å². The number of hydrogen-bond donors (Lipinski definition) is 2. The molecular weight excluding hydrogens is 192 g/mol. The molecule has 0 saturated carbocycles. The second-order valence-corrected chi connectivity index (χ2v) is 4.08. The molecule has 0 radical (unpaired) electrons. The Morgan fingerprint density at radius 2 is 1.73 bits per heavy atom. The summed E-state index contributed by atoms with van der Waals surface area (Å²) < 4.78 is 0. The molecule has 15 heavy (non-hydrogen) atoms. The predicted octanol–water partition coefficient (Wildman–Crippen LogP) is 1.67. The summed E-state index contributed by atoms with van der Waals surface area (Å²) >= 11 is 0. The zero-order valence-electron chi connectivity index (χ0n) is 9.61. The van der Waals surface area contributed by atoms with Crippen LogP contribution < -0.4 is 0 Å². The Labute approximate surface area is 90.8 Å². The van der Waals surface area contributed by atoms with E-state index < -0.39 is 11.6 Å². The molecule has 0 bridgehead atoms. The molecule has 0 aromatic carbocycles. The lowest BCUT2D eigenvalue weighted by Crippen LogP contribution is -2.38. The van der Waals surface area contributed by atoms with Crippen molar-refractivity contribution < 1.29 is 15.0 Å². The van der Waals surface area contributed by atoms with Gasteiger partial charge in [-0.1, -0.05) is 39.5 Å². The van der Waals surface area contributed by atoms with Crippen molar-refractivity contribution in [2.24, 2.45) is 11.8 Å². The van der Waals surface area contributed by atoms with Crippen LogP contribution >= 0.6 is 0 Å². The fourth-order valence-electron chi connectivity index (χ4n) is 1.23. The van der Waals surface area contributed by atoms with Crippen LogP contribution in [0.4, 0.5) is 0 Å². The average Bonchev–Trinajstić information content (AvgIpc) is 2.10. The van der Waals surface area contributed by atoms with Crippen molar-refractivity contribution >= 4 is 5.97 Å². The molecule has 3 nitrogen and oxygen atoms in total. The van der Waals surface area contributed by atoms with Crippen LogP contribution in [0.3, 0.4) is 0 Å². The van der Waals surface area contributed by atoms with Gasteiger partial charge in [-0.2, -0.15) is 0 Å². The maximum Gasteiger partial charge on any atom is 0.328 e. The van der Waals surface area contributed by atoms with E-state index in [2.05, 4.69) is 11.8 Å². The number of aliphatic carboxylic acids is 1. The predicted molar refractivity (Wildman–Crippen MR) is 59.2 cm³/mol. The Morgan fingerprint density at radius 3 is 2.07 bits per heavy atom. The van der Waals surface area contributed by atoms with E-state index in [-0.39, 0.29) is 11.8 Å². The first-order chi connectivity index (χ1) is 6.80. The van der Waals surface area contributed by atoms with Crippen molar-refractivity contribution in [3.63, 3.8) is 0 Å². The summed E-state index contributed by atoms with van der Waals surface area (Å²) in [4.78, 5) is 10.2. The molecule has 0 atom stereocenters. The van der Waals surface area contributed by atoms with Crippen LogP contribution in [-0.4, -0.2) is 21.8 Å². The summed E-state index contributed by atoms with van der Waals surface area (Å²) in [6.45, 7) is 7.54. The van der Waals surface area contributed by atoms with Gasteiger partial charge in [-0.3, -0.25) is 0 Å².